The highest BCUT2D eigenvalue weighted by Gasteiger charge is 2.13. The zero-order valence-corrected chi connectivity index (χ0v) is 12.6. The third-order valence-electron chi connectivity index (χ3n) is 2.61. The van der Waals surface area contributed by atoms with Gasteiger partial charge in [-0.05, 0) is 29.8 Å². The van der Waals surface area contributed by atoms with Gasteiger partial charge in [0.2, 0.25) is 0 Å². The highest BCUT2D eigenvalue weighted by Crippen LogP contribution is 2.36. The number of aromatic nitrogens is 1. The van der Waals surface area contributed by atoms with E-state index in [0.29, 0.717) is 21.2 Å². The van der Waals surface area contributed by atoms with Crippen molar-refractivity contribution in [1.82, 2.24) is 4.98 Å². The van der Waals surface area contributed by atoms with Gasteiger partial charge in [-0.15, -0.1) is 0 Å². The number of carbonyl (C=O) groups is 1. The van der Waals surface area contributed by atoms with Gasteiger partial charge in [0.25, 0.3) is 0 Å². The lowest BCUT2D eigenvalue weighted by atomic mass is 10.1. The van der Waals surface area contributed by atoms with Crippen molar-refractivity contribution in [3.63, 3.8) is 0 Å². The van der Waals surface area contributed by atoms with E-state index in [0.717, 1.165) is 0 Å². The minimum absolute atomic E-state index is 0.125. The fourth-order valence-electron chi connectivity index (χ4n) is 1.65. The molecule has 4 nitrogen and oxygen atoms in total. The van der Waals surface area contributed by atoms with Crippen molar-refractivity contribution >= 4 is 46.6 Å². The van der Waals surface area contributed by atoms with Gasteiger partial charge in [0.05, 0.1) is 22.2 Å². The molecule has 0 radical (unpaired) electrons. The number of halogens is 3. The lowest BCUT2D eigenvalue weighted by Crippen LogP contribution is -2.06. The molecule has 0 bridgehead atoms. The second-order valence-electron chi connectivity index (χ2n) is 3.87. The van der Waals surface area contributed by atoms with Crippen LogP contribution in [-0.2, 0) is 4.74 Å². The molecule has 0 unspecified atom stereocenters. The first-order valence-electron chi connectivity index (χ1n) is 5.43. The summed E-state index contributed by atoms with van der Waals surface area (Å²) in [5, 5.41) is 0.894. The number of nitrogen functional groups attached to an aromatic ring is 1. The maximum Gasteiger partial charge on any atom is 0.356 e. The molecule has 0 spiro atoms. The van der Waals surface area contributed by atoms with Gasteiger partial charge in [0.1, 0.15) is 5.82 Å². The Morgan fingerprint density at radius 1 is 1.20 bits per heavy atom. The molecule has 1 aromatic heterocycles. The average molecular weight is 332 g/mol. The van der Waals surface area contributed by atoms with E-state index in [-0.39, 0.29) is 16.5 Å². The number of methoxy groups -OCH3 is 1. The van der Waals surface area contributed by atoms with Crippen LogP contribution in [0.25, 0.3) is 11.1 Å². The van der Waals surface area contributed by atoms with Crippen LogP contribution < -0.4 is 5.73 Å². The van der Waals surface area contributed by atoms with Crippen LogP contribution in [-0.4, -0.2) is 18.1 Å². The predicted octanol–water partition coefficient (Wildman–Crippen LogP) is 4.08. The Kier molecular flexibility index (Phi) is 4.38. The molecule has 0 saturated carbocycles. The minimum Gasteiger partial charge on any atom is -0.464 e. The molecule has 0 atom stereocenters. The van der Waals surface area contributed by atoms with Crippen LogP contribution in [0.4, 0.5) is 5.82 Å². The van der Waals surface area contributed by atoms with Crippen molar-refractivity contribution in [2.75, 3.05) is 12.8 Å². The second kappa shape index (κ2) is 5.87. The van der Waals surface area contributed by atoms with Gasteiger partial charge < -0.3 is 10.5 Å². The Balaban J connectivity index is 2.51. The zero-order valence-electron chi connectivity index (χ0n) is 10.3. The molecule has 0 aliphatic carbocycles. The summed E-state index contributed by atoms with van der Waals surface area (Å²) >= 11 is 17.8. The molecule has 0 aliphatic heterocycles. The number of rotatable bonds is 2. The molecule has 7 heteroatoms. The topological polar surface area (TPSA) is 65.2 Å². The maximum absolute atomic E-state index is 11.4. The predicted molar refractivity (Wildman–Crippen MR) is 80.5 cm³/mol. The number of carbonyl (C=O) groups excluding carboxylic acids is 1. The van der Waals surface area contributed by atoms with Crippen LogP contribution in [0, 0.1) is 0 Å². The van der Waals surface area contributed by atoms with E-state index in [9.17, 15) is 4.79 Å². The van der Waals surface area contributed by atoms with Gasteiger partial charge in [-0.1, -0.05) is 34.8 Å². The molecule has 0 saturated heterocycles. The molecule has 2 rings (SSSR count). The summed E-state index contributed by atoms with van der Waals surface area (Å²) in [5.74, 6) is -0.391. The number of anilines is 1. The summed E-state index contributed by atoms with van der Waals surface area (Å²) in [5.41, 5.74) is 7.22. The lowest BCUT2D eigenvalue weighted by Gasteiger charge is -2.09. The first-order chi connectivity index (χ1) is 9.43. The van der Waals surface area contributed by atoms with E-state index >= 15 is 0 Å². The summed E-state index contributed by atoms with van der Waals surface area (Å²) in [6.07, 6.45) is 0. The van der Waals surface area contributed by atoms with Crippen molar-refractivity contribution in [1.29, 1.82) is 0 Å². The van der Waals surface area contributed by atoms with Gasteiger partial charge in [0.15, 0.2) is 5.69 Å². The molecule has 2 aromatic rings. The third-order valence-corrected chi connectivity index (χ3v) is 3.81. The fourth-order valence-corrected chi connectivity index (χ4v) is 2.24. The van der Waals surface area contributed by atoms with Crippen LogP contribution in [0.5, 0.6) is 0 Å². The third kappa shape index (κ3) is 2.82. The summed E-state index contributed by atoms with van der Waals surface area (Å²) in [6, 6.07) is 6.40. The highest BCUT2D eigenvalue weighted by atomic mass is 35.5. The highest BCUT2D eigenvalue weighted by molar-refractivity contribution is 6.48. The number of benzene rings is 1. The van der Waals surface area contributed by atoms with Gasteiger partial charge in [-0.3, -0.25) is 0 Å². The van der Waals surface area contributed by atoms with Crippen LogP contribution in [0.15, 0.2) is 24.3 Å². The van der Waals surface area contributed by atoms with Crippen molar-refractivity contribution in [3.8, 4) is 11.1 Å². The van der Waals surface area contributed by atoms with E-state index in [1.54, 1.807) is 18.2 Å². The van der Waals surface area contributed by atoms with E-state index in [1.165, 1.54) is 13.2 Å². The van der Waals surface area contributed by atoms with Crippen LogP contribution in [0.2, 0.25) is 15.1 Å². The number of ether oxygens (including phenoxy) is 1. The van der Waals surface area contributed by atoms with Crippen LogP contribution in [0.3, 0.4) is 0 Å². The summed E-state index contributed by atoms with van der Waals surface area (Å²) in [4.78, 5) is 15.4. The molecule has 1 aromatic carbocycles. The molecule has 0 aliphatic rings. The number of nitrogens with two attached hydrogens (primary N) is 1. The normalized spacial score (nSPS) is 10.4. The molecule has 20 heavy (non-hydrogen) atoms. The lowest BCUT2D eigenvalue weighted by molar-refractivity contribution is 0.0594. The second-order valence-corrected chi connectivity index (χ2v) is 5.07. The molecular weight excluding hydrogens is 323 g/mol. The number of nitrogens with zero attached hydrogens (tertiary/aromatic N) is 1. The van der Waals surface area contributed by atoms with Gasteiger partial charge in [-0.25, -0.2) is 9.78 Å². The Hall–Kier alpha value is -1.49. The molecule has 0 amide bonds. The van der Waals surface area contributed by atoms with E-state index in [2.05, 4.69) is 9.72 Å². The average Bonchev–Trinajstić information content (AvgIpc) is 2.43. The number of hydrogen-bond donors (Lipinski definition) is 1. The zero-order chi connectivity index (χ0) is 14.9. The first-order valence-corrected chi connectivity index (χ1v) is 6.57. The standard InChI is InChI=1S/C13H9Cl3N2O2/c1-20-13(19)10-3-2-7(12(17)18-10)6-4-8(14)11(16)9(15)5-6/h2-5H,1H3,(H2,17,18). The van der Waals surface area contributed by atoms with Crippen molar-refractivity contribution in [3.05, 3.63) is 45.0 Å². The molecular formula is C13H9Cl3N2O2. The molecule has 0 fully saturated rings. The number of pyridine rings is 1. The van der Waals surface area contributed by atoms with Gasteiger partial charge in [0, 0.05) is 5.56 Å². The van der Waals surface area contributed by atoms with E-state index in [1.807, 2.05) is 0 Å². The Morgan fingerprint density at radius 2 is 1.80 bits per heavy atom. The van der Waals surface area contributed by atoms with E-state index in [4.69, 9.17) is 40.5 Å². The number of esters is 1. The largest absolute Gasteiger partial charge is 0.464 e. The smallest absolute Gasteiger partial charge is 0.356 e. The molecule has 104 valence electrons. The van der Waals surface area contributed by atoms with Gasteiger partial charge in [-0.2, -0.15) is 0 Å². The summed E-state index contributed by atoms with van der Waals surface area (Å²) in [6.45, 7) is 0. The SMILES string of the molecule is COC(=O)c1ccc(-c2cc(Cl)c(Cl)c(Cl)c2)c(N)n1. The molecule has 2 N–H and O–H groups in total. The van der Waals surface area contributed by atoms with Crippen LogP contribution >= 0.6 is 34.8 Å². The Morgan fingerprint density at radius 3 is 2.30 bits per heavy atom. The van der Waals surface area contributed by atoms with Crippen molar-refractivity contribution < 1.29 is 9.53 Å². The summed E-state index contributed by atoms with van der Waals surface area (Å²) < 4.78 is 4.57. The summed E-state index contributed by atoms with van der Waals surface area (Å²) in [7, 11) is 1.27. The quantitative estimate of drug-likeness (QED) is 0.665. The molecule has 1 heterocycles. The van der Waals surface area contributed by atoms with Gasteiger partial charge >= 0.3 is 5.97 Å². The van der Waals surface area contributed by atoms with Crippen molar-refractivity contribution in [2.45, 2.75) is 0 Å². The Labute approximate surface area is 130 Å². The maximum atomic E-state index is 11.4. The Bertz CT molecular complexity index is 666. The fraction of sp³-hybridized carbons (Fsp3) is 0.0769. The van der Waals surface area contributed by atoms with E-state index < -0.39 is 5.97 Å². The van der Waals surface area contributed by atoms with Crippen molar-refractivity contribution in [2.24, 2.45) is 0 Å². The number of hydrogen-bond acceptors (Lipinski definition) is 4. The van der Waals surface area contributed by atoms with Crippen LogP contribution in [0.1, 0.15) is 10.5 Å². The first kappa shape index (κ1) is 14.9. The monoisotopic (exact) mass is 330 g/mol. The minimum atomic E-state index is -0.560.